The summed E-state index contributed by atoms with van der Waals surface area (Å²) in [6, 6.07) is 2.72. The van der Waals surface area contributed by atoms with Crippen LogP contribution in [0, 0.1) is 0 Å². The molecule has 1 N–H and O–H groups in total. The second kappa shape index (κ2) is 4.83. The molecule has 1 amide bonds. The lowest BCUT2D eigenvalue weighted by Crippen LogP contribution is -2.40. The Balaban J connectivity index is 2.10. The van der Waals surface area contributed by atoms with E-state index in [-0.39, 0.29) is 17.4 Å². The predicted molar refractivity (Wildman–Crippen MR) is 63.5 cm³/mol. The fraction of sp³-hybridized carbons (Fsp3) is 0.455. The van der Waals surface area contributed by atoms with Crippen LogP contribution in [0.15, 0.2) is 16.5 Å². The standard InChI is InChI=1S/C11H13NO4S/c1-7-6-12(4-5-17-7)10(13)8-2-3-9(16-8)11(14)15/h2-3,7H,4-6H2,1H3,(H,14,15). The molecule has 2 rings (SSSR count). The van der Waals surface area contributed by atoms with Crippen LogP contribution in [-0.4, -0.2) is 46.0 Å². The van der Waals surface area contributed by atoms with Gasteiger partial charge < -0.3 is 14.4 Å². The second-order valence-electron chi connectivity index (χ2n) is 3.90. The van der Waals surface area contributed by atoms with Gasteiger partial charge in [0, 0.05) is 24.1 Å². The Morgan fingerprint density at radius 2 is 2.18 bits per heavy atom. The van der Waals surface area contributed by atoms with Gasteiger partial charge in [0.15, 0.2) is 5.76 Å². The normalized spacial score (nSPS) is 20.3. The molecular weight excluding hydrogens is 242 g/mol. The first-order valence-corrected chi connectivity index (χ1v) is 6.37. The van der Waals surface area contributed by atoms with Gasteiger partial charge in [0.25, 0.3) is 5.91 Å². The van der Waals surface area contributed by atoms with Crippen molar-refractivity contribution in [3.63, 3.8) is 0 Å². The molecule has 0 radical (unpaired) electrons. The van der Waals surface area contributed by atoms with Crippen LogP contribution in [0.4, 0.5) is 0 Å². The highest BCUT2D eigenvalue weighted by Gasteiger charge is 2.25. The molecule has 1 aromatic heterocycles. The van der Waals surface area contributed by atoms with Gasteiger partial charge in [0.1, 0.15) is 0 Å². The first kappa shape index (κ1) is 12.0. The van der Waals surface area contributed by atoms with E-state index in [9.17, 15) is 9.59 Å². The Kier molecular flexibility index (Phi) is 3.42. The van der Waals surface area contributed by atoms with E-state index in [2.05, 4.69) is 6.92 Å². The number of carbonyl (C=O) groups excluding carboxylic acids is 1. The molecule has 0 aromatic carbocycles. The van der Waals surface area contributed by atoms with Crippen LogP contribution in [0.25, 0.3) is 0 Å². The van der Waals surface area contributed by atoms with Crippen molar-refractivity contribution in [3.8, 4) is 0 Å². The van der Waals surface area contributed by atoms with E-state index < -0.39 is 5.97 Å². The Hall–Kier alpha value is -1.43. The van der Waals surface area contributed by atoms with E-state index in [1.54, 1.807) is 4.90 Å². The van der Waals surface area contributed by atoms with Crippen molar-refractivity contribution < 1.29 is 19.1 Å². The van der Waals surface area contributed by atoms with E-state index in [0.717, 1.165) is 5.75 Å². The Morgan fingerprint density at radius 3 is 2.76 bits per heavy atom. The van der Waals surface area contributed by atoms with Crippen molar-refractivity contribution in [2.75, 3.05) is 18.8 Å². The van der Waals surface area contributed by atoms with Gasteiger partial charge >= 0.3 is 5.97 Å². The maximum Gasteiger partial charge on any atom is 0.371 e. The minimum Gasteiger partial charge on any atom is -0.475 e. The third-order valence-electron chi connectivity index (χ3n) is 2.56. The van der Waals surface area contributed by atoms with Crippen molar-refractivity contribution in [2.45, 2.75) is 12.2 Å². The van der Waals surface area contributed by atoms with Gasteiger partial charge in [0.2, 0.25) is 5.76 Å². The molecule has 6 heteroatoms. The predicted octanol–water partition coefficient (Wildman–Crippen LogP) is 1.56. The van der Waals surface area contributed by atoms with Crippen LogP contribution in [0.5, 0.6) is 0 Å². The number of carboxylic acid groups (broad SMARTS) is 1. The molecule has 1 aliphatic rings. The summed E-state index contributed by atoms with van der Waals surface area (Å²) in [4.78, 5) is 24.4. The molecule has 5 nitrogen and oxygen atoms in total. The van der Waals surface area contributed by atoms with Crippen molar-refractivity contribution in [1.82, 2.24) is 4.90 Å². The minimum atomic E-state index is -1.16. The average molecular weight is 255 g/mol. The van der Waals surface area contributed by atoms with Crippen molar-refractivity contribution in [2.24, 2.45) is 0 Å². The molecule has 0 spiro atoms. The van der Waals surface area contributed by atoms with Gasteiger partial charge in [-0.25, -0.2) is 4.79 Å². The van der Waals surface area contributed by atoms with Crippen LogP contribution in [0.1, 0.15) is 28.0 Å². The molecule has 1 aliphatic heterocycles. The first-order valence-electron chi connectivity index (χ1n) is 5.32. The number of hydrogen-bond acceptors (Lipinski definition) is 4. The zero-order valence-electron chi connectivity index (χ0n) is 9.38. The number of furan rings is 1. The van der Waals surface area contributed by atoms with Crippen LogP contribution in [0.2, 0.25) is 0 Å². The zero-order chi connectivity index (χ0) is 12.4. The topological polar surface area (TPSA) is 70.8 Å². The number of rotatable bonds is 2. The van der Waals surface area contributed by atoms with E-state index in [1.807, 2.05) is 11.8 Å². The zero-order valence-corrected chi connectivity index (χ0v) is 10.2. The summed E-state index contributed by atoms with van der Waals surface area (Å²) in [5.41, 5.74) is 0. The van der Waals surface area contributed by atoms with E-state index in [0.29, 0.717) is 18.3 Å². The monoisotopic (exact) mass is 255 g/mol. The molecular formula is C11H13NO4S. The van der Waals surface area contributed by atoms with Gasteiger partial charge in [-0.2, -0.15) is 11.8 Å². The molecule has 1 aromatic rings. The van der Waals surface area contributed by atoms with Crippen LogP contribution < -0.4 is 0 Å². The second-order valence-corrected chi connectivity index (χ2v) is 5.45. The summed E-state index contributed by atoms with van der Waals surface area (Å²) in [5.74, 6) is -0.593. The summed E-state index contributed by atoms with van der Waals surface area (Å²) >= 11 is 1.83. The number of aromatic carboxylic acids is 1. The summed E-state index contributed by atoms with van der Waals surface area (Å²) < 4.78 is 5.00. The Labute approximate surface area is 103 Å². The number of nitrogens with zero attached hydrogens (tertiary/aromatic N) is 1. The number of amides is 1. The summed E-state index contributed by atoms with van der Waals surface area (Å²) in [6.45, 7) is 3.42. The third-order valence-corrected chi connectivity index (χ3v) is 3.69. The quantitative estimate of drug-likeness (QED) is 0.868. The lowest BCUT2D eigenvalue weighted by Gasteiger charge is -2.29. The highest BCUT2D eigenvalue weighted by Crippen LogP contribution is 2.20. The van der Waals surface area contributed by atoms with Crippen molar-refractivity contribution in [1.29, 1.82) is 0 Å². The third kappa shape index (κ3) is 2.63. The highest BCUT2D eigenvalue weighted by molar-refractivity contribution is 7.99. The molecule has 17 heavy (non-hydrogen) atoms. The van der Waals surface area contributed by atoms with Gasteiger partial charge in [-0.15, -0.1) is 0 Å². The van der Waals surface area contributed by atoms with Crippen LogP contribution in [-0.2, 0) is 0 Å². The SMILES string of the molecule is CC1CN(C(=O)c2ccc(C(=O)O)o2)CCS1. The minimum absolute atomic E-state index is 0.0986. The Morgan fingerprint density at radius 1 is 1.47 bits per heavy atom. The summed E-state index contributed by atoms with van der Waals surface area (Å²) in [6.07, 6.45) is 0. The molecule has 1 unspecified atom stereocenters. The molecule has 1 saturated heterocycles. The molecule has 92 valence electrons. The molecule has 0 saturated carbocycles. The molecule has 1 fully saturated rings. The van der Waals surface area contributed by atoms with Crippen LogP contribution >= 0.6 is 11.8 Å². The fourth-order valence-electron chi connectivity index (χ4n) is 1.73. The molecule has 2 heterocycles. The van der Waals surface area contributed by atoms with Crippen molar-refractivity contribution >= 4 is 23.6 Å². The van der Waals surface area contributed by atoms with Gasteiger partial charge in [-0.05, 0) is 12.1 Å². The molecule has 1 atom stereocenters. The van der Waals surface area contributed by atoms with Crippen molar-refractivity contribution in [3.05, 3.63) is 23.7 Å². The maximum absolute atomic E-state index is 12.0. The number of thioether (sulfide) groups is 1. The fourth-order valence-corrected chi connectivity index (χ4v) is 2.74. The lowest BCUT2D eigenvalue weighted by molar-refractivity contribution is 0.0650. The number of carbonyl (C=O) groups is 2. The molecule has 0 bridgehead atoms. The van der Waals surface area contributed by atoms with Gasteiger partial charge in [0.05, 0.1) is 0 Å². The Bertz CT molecular complexity index is 442. The average Bonchev–Trinajstić information content (AvgIpc) is 2.77. The first-order chi connectivity index (χ1) is 8.08. The number of hydrogen-bond donors (Lipinski definition) is 1. The van der Waals surface area contributed by atoms with E-state index >= 15 is 0 Å². The van der Waals surface area contributed by atoms with E-state index in [1.165, 1.54) is 12.1 Å². The van der Waals surface area contributed by atoms with E-state index in [4.69, 9.17) is 9.52 Å². The maximum atomic E-state index is 12.0. The molecule has 0 aliphatic carbocycles. The highest BCUT2D eigenvalue weighted by atomic mass is 32.2. The largest absolute Gasteiger partial charge is 0.475 e. The lowest BCUT2D eigenvalue weighted by atomic mass is 10.3. The smallest absolute Gasteiger partial charge is 0.371 e. The number of carboxylic acids is 1. The summed E-state index contributed by atoms with van der Waals surface area (Å²) in [5, 5.41) is 9.11. The summed E-state index contributed by atoms with van der Waals surface area (Å²) in [7, 11) is 0. The van der Waals surface area contributed by atoms with Gasteiger partial charge in [-0.1, -0.05) is 6.92 Å². The van der Waals surface area contributed by atoms with Crippen LogP contribution in [0.3, 0.4) is 0 Å². The van der Waals surface area contributed by atoms with Gasteiger partial charge in [-0.3, -0.25) is 4.79 Å².